The van der Waals surface area contributed by atoms with E-state index in [-0.39, 0.29) is 18.5 Å². The Morgan fingerprint density at radius 2 is 1.96 bits per heavy atom. The molecule has 1 N–H and O–H groups in total. The van der Waals surface area contributed by atoms with Gasteiger partial charge in [-0.15, -0.1) is 11.3 Å². The van der Waals surface area contributed by atoms with Crippen molar-refractivity contribution in [2.45, 2.75) is 65.6 Å². The van der Waals surface area contributed by atoms with Crippen LogP contribution in [0.3, 0.4) is 0 Å². The van der Waals surface area contributed by atoms with Gasteiger partial charge in [-0.1, -0.05) is 19.3 Å². The summed E-state index contributed by atoms with van der Waals surface area (Å²) in [5.41, 5.74) is 1.23. The molecule has 0 aliphatic heterocycles. The third kappa shape index (κ3) is 4.83. The van der Waals surface area contributed by atoms with Crippen LogP contribution in [0.15, 0.2) is 16.5 Å². The summed E-state index contributed by atoms with van der Waals surface area (Å²) in [6, 6.07) is 3.39. The normalized spacial score (nSPS) is 14.8. The Morgan fingerprint density at radius 3 is 2.68 bits per heavy atom. The number of anilines is 1. The minimum absolute atomic E-state index is 0.195. The smallest absolute Gasteiger partial charge is 0.341 e. The first-order valence-corrected chi connectivity index (χ1v) is 10.6. The van der Waals surface area contributed by atoms with Gasteiger partial charge in [-0.05, 0) is 51.3 Å². The lowest BCUT2D eigenvalue weighted by atomic mass is 9.98. The Bertz CT molecular complexity index is 832. The van der Waals surface area contributed by atoms with Crippen molar-refractivity contribution in [2.24, 2.45) is 0 Å². The molecule has 2 aromatic rings. The highest BCUT2D eigenvalue weighted by Gasteiger charge is 2.23. The van der Waals surface area contributed by atoms with Crippen molar-refractivity contribution in [1.82, 2.24) is 0 Å². The first-order valence-electron chi connectivity index (χ1n) is 9.78. The maximum Gasteiger partial charge on any atom is 0.341 e. The van der Waals surface area contributed by atoms with Crippen molar-refractivity contribution >= 4 is 28.2 Å². The molecule has 6 nitrogen and oxygen atoms in total. The van der Waals surface area contributed by atoms with E-state index in [2.05, 4.69) is 5.32 Å². The lowest BCUT2D eigenvalue weighted by Gasteiger charge is -2.21. The highest BCUT2D eigenvalue weighted by Crippen LogP contribution is 2.33. The number of nitrogens with one attached hydrogen (secondary N) is 1. The fourth-order valence-corrected chi connectivity index (χ4v) is 4.38. The van der Waals surface area contributed by atoms with E-state index in [1.54, 1.807) is 19.1 Å². The average molecular weight is 406 g/mol. The molecule has 0 aromatic carbocycles. The zero-order valence-electron chi connectivity index (χ0n) is 16.6. The van der Waals surface area contributed by atoms with Crippen molar-refractivity contribution in [3.63, 3.8) is 0 Å². The molecular formula is C21H27NO5S. The fourth-order valence-electron chi connectivity index (χ4n) is 3.34. The Balaban J connectivity index is 1.64. The average Bonchev–Trinajstić information content (AvgIpc) is 3.26. The van der Waals surface area contributed by atoms with Crippen LogP contribution in [0.25, 0.3) is 0 Å². The predicted octanol–water partition coefficient (Wildman–Crippen LogP) is 5.24. The van der Waals surface area contributed by atoms with Crippen molar-refractivity contribution in [2.75, 3.05) is 11.9 Å². The summed E-state index contributed by atoms with van der Waals surface area (Å²) in [6.07, 6.45) is 6.14. The standard InChI is InChI=1S/C21H27NO5S/c1-4-25-21(24)18-13(2)14(3)28-20(18)22-19(23)17-11-10-16(27-17)12-26-15-8-6-5-7-9-15/h10-11,15H,4-9,12H2,1-3H3,(H,22,23). The second kappa shape index (κ2) is 9.39. The number of furan rings is 1. The minimum Gasteiger partial charge on any atom is -0.462 e. The number of ether oxygens (including phenoxy) is 2. The third-order valence-corrected chi connectivity index (χ3v) is 6.11. The van der Waals surface area contributed by atoms with E-state index in [1.807, 2.05) is 13.8 Å². The molecule has 2 heterocycles. The highest BCUT2D eigenvalue weighted by atomic mass is 32.1. The van der Waals surface area contributed by atoms with E-state index in [0.29, 0.717) is 22.9 Å². The van der Waals surface area contributed by atoms with E-state index in [1.165, 1.54) is 30.6 Å². The lowest BCUT2D eigenvalue weighted by molar-refractivity contribution is 0.00849. The van der Waals surface area contributed by atoms with Crippen LogP contribution in [0.2, 0.25) is 0 Å². The number of esters is 1. The van der Waals surface area contributed by atoms with Gasteiger partial charge < -0.3 is 19.2 Å². The summed E-state index contributed by atoms with van der Waals surface area (Å²) >= 11 is 1.35. The number of rotatable bonds is 7. The van der Waals surface area contributed by atoms with Gasteiger partial charge in [-0.2, -0.15) is 0 Å². The molecule has 1 aliphatic carbocycles. The number of hydrogen-bond acceptors (Lipinski definition) is 6. The molecular weight excluding hydrogens is 378 g/mol. The molecule has 7 heteroatoms. The van der Waals surface area contributed by atoms with Gasteiger partial charge in [0.05, 0.1) is 18.3 Å². The monoisotopic (exact) mass is 405 g/mol. The van der Waals surface area contributed by atoms with Gasteiger partial charge in [0, 0.05) is 4.88 Å². The van der Waals surface area contributed by atoms with E-state index >= 15 is 0 Å². The SMILES string of the molecule is CCOC(=O)c1c(NC(=O)c2ccc(COC3CCCCC3)o2)sc(C)c1C. The van der Waals surface area contributed by atoms with Gasteiger partial charge in [0.1, 0.15) is 17.4 Å². The van der Waals surface area contributed by atoms with Gasteiger partial charge >= 0.3 is 5.97 Å². The van der Waals surface area contributed by atoms with Crippen molar-refractivity contribution in [3.05, 3.63) is 39.7 Å². The molecule has 1 amide bonds. The molecule has 1 aliphatic rings. The van der Waals surface area contributed by atoms with Crippen LogP contribution in [0.1, 0.15) is 76.1 Å². The maximum atomic E-state index is 12.6. The molecule has 0 unspecified atom stereocenters. The molecule has 0 bridgehead atoms. The number of carbonyl (C=O) groups excluding carboxylic acids is 2. The van der Waals surface area contributed by atoms with Crippen LogP contribution >= 0.6 is 11.3 Å². The quantitative estimate of drug-likeness (QED) is 0.638. The number of carbonyl (C=O) groups is 2. The molecule has 0 saturated heterocycles. The van der Waals surface area contributed by atoms with Crippen LogP contribution in [0.4, 0.5) is 5.00 Å². The number of amides is 1. The van der Waals surface area contributed by atoms with E-state index in [9.17, 15) is 9.59 Å². The topological polar surface area (TPSA) is 77.8 Å². The van der Waals surface area contributed by atoms with Crippen LogP contribution in [-0.2, 0) is 16.1 Å². The first kappa shape index (κ1) is 20.6. The molecule has 0 spiro atoms. The largest absolute Gasteiger partial charge is 0.462 e. The molecule has 0 atom stereocenters. The summed E-state index contributed by atoms with van der Waals surface area (Å²) < 4.78 is 16.7. The molecule has 3 rings (SSSR count). The van der Waals surface area contributed by atoms with Crippen LogP contribution in [0.5, 0.6) is 0 Å². The van der Waals surface area contributed by atoms with Gasteiger partial charge in [0.2, 0.25) is 0 Å². The Morgan fingerprint density at radius 1 is 1.21 bits per heavy atom. The number of hydrogen-bond donors (Lipinski definition) is 1. The molecule has 0 radical (unpaired) electrons. The van der Waals surface area contributed by atoms with Crippen LogP contribution in [0, 0.1) is 13.8 Å². The number of aryl methyl sites for hydroxylation is 1. The molecule has 1 fully saturated rings. The van der Waals surface area contributed by atoms with Gasteiger partial charge in [-0.25, -0.2) is 4.79 Å². The molecule has 28 heavy (non-hydrogen) atoms. The van der Waals surface area contributed by atoms with Crippen molar-refractivity contribution < 1.29 is 23.5 Å². The minimum atomic E-state index is -0.430. The van der Waals surface area contributed by atoms with Crippen LogP contribution in [-0.4, -0.2) is 24.6 Å². The maximum absolute atomic E-state index is 12.6. The van der Waals surface area contributed by atoms with E-state index in [0.717, 1.165) is 23.3 Å². The second-order valence-electron chi connectivity index (χ2n) is 7.00. The van der Waals surface area contributed by atoms with Crippen LogP contribution < -0.4 is 5.32 Å². The second-order valence-corrected chi connectivity index (χ2v) is 8.22. The molecule has 2 aromatic heterocycles. The van der Waals surface area contributed by atoms with Crippen molar-refractivity contribution in [1.29, 1.82) is 0 Å². The summed E-state index contributed by atoms with van der Waals surface area (Å²) in [6.45, 7) is 6.16. The first-order chi connectivity index (χ1) is 13.5. The highest BCUT2D eigenvalue weighted by molar-refractivity contribution is 7.16. The number of thiophene rings is 1. The Kier molecular flexibility index (Phi) is 6.91. The van der Waals surface area contributed by atoms with Gasteiger partial charge in [0.15, 0.2) is 5.76 Å². The Labute approximate surface area is 169 Å². The van der Waals surface area contributed by atoms with Gasteiger partial charge in [0.25, 0.3) is 5.91 Å². The summed E-state index contributed by atoms with van der Waals surface area (Å²) in [4.78, 5) is 25.8. The summed E-state index contributed by atoms with van der Waals surface area (Å²) in [7, 11) is 0. The van der Waals surface area contributed by atoms with E-state index in [4.69, 9.17) is 13.9 Å². The third-order valence-electron chi connectivity index (χ3n) is 4.99. The molecule has 152 valence electrons. The zero-order chi connectivity index (χ0) is 20.1. The zero-order valence-corrected chi connectivity index (χ0v) is 17.4. The van der Waals surface area contributed by atoms with E-state index < -0.39 is 11.9 Å². The summed E-state index contributed by atoms with van der Waals surface area (Å²) in [5.74, 6) is -0.00276. The molecule has 1 saturated carbocycles. The summed E-state index contributed by atoms with van der Waals surface area (Å²) in [5, 5.41) is 3.27. The predicted molar refractivity (Wildman–Crippen MR) is 108 cm³/mol. The lowest BCUT2D eigenvalue weighted by Crippen LogP contribution is -2.16. The van der Waals surface area contributed by atoms with Gasteiger partial charge in [-0.3, -0.25) is 4.79 Å². The fraction of sp³-hybridized carbons (Fsp3) is 0.524. The Hall–Kier alpha value is -2.12. The van der Waals surface area contributed by atoms with Crippen molar-refractivity contribution in [3.8, 4) is 0 Å².